The molecule has 0 bridgehead atoms. The molecule has 0 fully saturated rings. The predicted octanol–water partition coefficient (Wildman–Crippen LogP) is -0.357. The number of amides is 2. The zero-order chi connectivity index (χ0) is 13.8. The minimum Gasteiger partial charge on any atom is -0.385 e. The molecule has 0 aliphatic rings. The summed E-state index contributed by atoms with van der Waals surface area (Å²) in [4.78, 5) is 22.6. The largest absolute Gasteiger partial charge is 0.385 e. The molecule has 0 radical (unpaired) electrons. The third-order valence-corrected chi connectivity index (χ3v) is 2.11. The van der Waals surface area contributed by atoms with E-state index in [9.17, 15) is 9.59 Å². The lowest BCUT2D eigenvalue weighted by Crippen LogP contribution is -2.37. The summed E-state index contributed by atoms with van der Waals surface area (Å²) in [6, 6.07) is 0.154. The normalized spacial score (nSPS) is 10.4. The van der Waals surface area contributed by atoms with Gasteiger partial charge in [0, 0.05) is 39.3 Å². The molecule has 0 heterocycles. The van der Waals surface area contributed by atoms with Gasteiger partial charge >= 0.3 is 0 Å². The molecule has 0 unspecified atom stereocenters. The first kappa shape index (κ1) is 16.9. The molecular formula is C12H25N3O3. The summed E-state index contributed by atoms with van der Waals surface area (Å²) in [7, 11) is 1.63. The van der Waals surface area contributed by atoms with Crippen LogP contribution in [0.15, 0.2) is 0 Å². The van der Waals surface area contributed by atoms with Crippen LogP contribution in [0.3, 0.4) is 0 Å². The number of carbonyl (C=O) groups excluding carboxylic acids is 2. The highest BCUT2D eigenvalue weighted by Gasteiger charge is 2.03. The molecular weight excluding hydrogens is 234 g/mol. The van der Waals surface area contributed by atoms with Crippen LogP contribution in [0.5, 0.6) is 0 Å². The van der Waals surface area contributed by atoms with Gasteiger partial charge < -0.3 is 20.7 Å². The molecule has 0 aliphatic carbocycles. The second kappa shape index (κ2) is 11.0. The highest BCUT2D eigenvalue weighted by molar-refractivity contribution is 5.78. The Hall–Kier alpha value is -1.14. The van der Waals surface area contributed by atoms with Gasteiger partial charge in [0.25, 0.3) is 0 Å². The molecule has 0 aromatic carbocycles. The number of nitrogens with one attached hydrogen (secondary N) is 3. The molecule has 0 aromatic rings. The molecule has 18 heavy (non-hydrogen) atoms. The topological polar surface area (TPSA) is 79.5 Å². The number of rotatable bonds is 10. The Morgan fingerprint density at radius 2 is 1.89 bits per heavy atom. The van der Waals surface area contributed by atoms with Crippen LogP contribution in [0.25, 0.3) is 0 Å². The van der Waals surface area contributed by atoms with Crippen molar-refractivity contribution in [3.05, 3.63) is 0 Å². The molecule has 0 aliphatic heterocycles. The van der Waals surface area contributed by atoms with Gasteiger partial charge in [-0.1, -0.05) is 0 Å². The fourth-order valence-electron chi connectivity index (χ4n) is 1.30. The van der Waals surface area contributed by atoms with E-state index in [2.05, 4.69) is 16.0 Å². The third-order valence-electron chi connectivity index (χ3n) is 2.11. The Balaban J connectivity index is 3.37. The van der Waals surface area contributed by atoms with Crippen molar-refractivity contribution in [3.8, 4) is 0 Å². The first-order chi connectivity index (χ1) is 8.56. The summed E-state index contributed by atoms with van der Waals surface area (Å²) in [6.07, 6.45) is 1.19. The van der Waals surface area contributed by atoms with Crippen molar-refractivity contribution in [2.24, 2.45) is 0 Å². The zero-order valence-electron chi connectivity index (χ0n) is 11.5. The van der Waals surface area contributed by atoms with Gasteiger partial charge in [-0.15, -0.1) is 0 Å². The maximum Gasteiger partial charge on any atom is 0.233 e. The van der Waals surface area contributed by atoms with Crippen molar-refractivity contribution in [2.75, 3.05) is 33.4 Å². The summed E-state index contributed by atoms with van der Waals surface area (Å²) in [6.45, 7) is 5.83. The van der Waals surface area contributed by atoms with Crippen molar-refractivity contribution in [2.45, 2.75) is 32.7 Å². The van der Waals surface area contributed by atoms with Gasteiger partial charge in [-0.3, -0.25) is 9.59 Å². The Kier molecular flexibility index (Phi) is 10.3. The third kappa shape index (κ3) is 11.3. The predicted molar refractivity (Wildman–Crippen MR) is 70.3 cm³/mol. The second-order valence-corrected chi connectivity index (χ2v) is 4.35. The summed E-state index contributed by atoms with van der Waals surface area (Å²) in [5.74, 6) is -0.0617. The van der Waals surface area contributed by atoms with Gasteiger partial charge in [0.05, 0.1) is 6.54 Å². The second-order valence-electron chi connectivity index (χ2n) is 4.35. The van der Waals surface area contributed by atoms with Crippen molar-refractivity contribution in [1.29, 1.82) is 0 Å². The van der Waals surface area contributed by atoms with Crippen molar-refractivity contribution in [3.63, 3.8) is 0 Å². The van der Waals surface area contributed by atoms with Crippen molar-refractivity contribution in [1.82, 2.24) is 16.0 Å². The lowest BCUT2D eigenvalue weighted by atomic mass is 10.3. The number of methoxy groups -OCH3 is 1. The van der Waals surface area contributed by atoms with Crippen LogP contribution in [0.1, 0.15) is 26.7 Å². The Morgan fingerprint density at radius 1 is 1.17 bits per heavy atom. The molecule has 0 saturated carbocycles. The number of carbonyl (C=O) groups is 2. The van der Waals surface area contributed by atoms with Crippen molar-refractivity contribution < 1.29 is 14.3 Å². The maximum absolute atomic E-state index is 11.3. The van der Waals surface area contributed by atoms with Gasteiger partial charge in [0.1, 0.15) is 0 Å². The van der Waals surface area contributed by atoms with Gasteiger partial charge in [0.15, 0.2) is 0 Å². The quantitative estimate of drug-likeness (QED) is 0.468. The van der Waals surface area contributed by atoms with E-state index in [1.54, 1.807) is 7.11 Å². The Labute approximate surface area is 109 Å². The molecule has 2 amide bonds. The fraction of sp³-hybridized carbons (Fsp3) is 0.833. The minimum absolute atomic E-state index is 0.00185. The van der Waals surface area contributed by atoms with Crippen LogP contribution >= 0.6 is 0 Å². The van der Waals surface area contributed by atoms with Crippen molar-refractivity contribution >= 4 is 11.8 Å². The summed E-state index contributed by atoms with van der Waals surface area (Å²) in [5.41, 5.74) is 0. The van der Waals surface area contributed by atoms with E-state index in [0.717, 1.165) is 6.42 Å². The Morgan fingerprint density at radius 3 is 2.50 bits per heavy atom. The average molecular weight is 259 g/mol. The molecule has 6 nitrogen and oxygen atoms in total. The first-order valence-corrected chi connectivity index (χ1v) is 6.32. The summed E-state index contributed by atoms with van der Waals surface area (Å²) in [5, 5.41) is 8.47. The van der Waals surface area contributed by atoms with E-state index in [1.807, 2.05) is 13.8 Å². The molecule has 3 N–H and O–H groups in total. The van der Waals surface area contributed by atoms with Gasteiger partial charge in [-0.05, 0) is 20.3 Å². The van der Waals surface area contributed by atoms with E-state index < -0.39 is 0 Å². The van der Waals surface area contributed by atoms with Crippen LogP contribution in [-0.4, -0.2) is 51.2 Å². The molecule has 0 spiro atoms. The van der Waals surface area contributed by atoms with Crippen LogP contribution in [0.4, 0.5) is 0 Å². The van der Waals surface area contributed by atoms with E-state index in [0.29, 0.717) is 26.1 Å². The zero-order valence-corrected chi connectivity index (χ0v) is 11.5. The highest BCUT2D eigenvalue weighted by atomic mass is 16.5. The lowest BCUT2D eigenvalue weighted by Gasteiger charge is -2.09. The maximum atomic E-state index is 11.3. The lowest BCUT2D eigenvalue weighted by molar-refractivity contribution is -0.122. The van der Waals surface area contributed by atoms with Crippen LogP contribution in [0, 0.1) is 0 Å². The van der Waals surface area contributed by atoms with E-state index in [-0.39, 0.29) is 24.4 Å². The molecule has 106 valence electrons. The van der Waals surface area contributed by atoms with E-state index >= 15 is 0 Å². The highest BCUT2D eigenvalue weighted by Crippen LogP contribution is 1.82. The number of hydrogen-bond donors (Lipinski definition) is 3. The Bertz CT molecular complexity index is 245. The monoisotopic (exact) mass is 259 g/mol. The fourth-order valence-corrected chi connectivity index (χ4v) is 1.30. The average Bonchev–Trinajstić information content (AvgIpc) is 2.29. The van der Waals surface area contributed by atoms with Gasteiger partial charge in [-0.2, -0.15) is 0 Å². The number of ether oxygens (including phenoxy) is 1. The standard InChI is InChI=1S/C12H25N3O3/c1-10(2)15-11(16)5-7-13-9-12(17)14-6-4-8-18-3/h10,13H,4-9H2,1-3H3,(H,14,17)(H,15,16). The smallest absolute Gasteiger partial charge is 0.233 e. The SMILES string of the molecule is COCCCNC(=O)CNCCC(=O)NC(C)C. The van der Waals surface area contributed by atoms with E-state index in [1.165, 1.54) is 0 Å². The molecule has 0 aromatic heterocycles. The van der Waals surface area contributed by atoms with Gasteiger partial charge in [0.2, 0.25) is 11.8 Å². The van der Waals surface area contributed by atoms with Crippen LogP contribution < -0.4 is 16.0 Å². The molecule has 0 atom stereocenters. The van der Waals surface area contributed by atoms with Crippen LogP contribution in [0.2, 0.25) is 0 Å². The first-order valence-electron chi connectivity index (χ1n) is 6.32. The summed E-state index contributed by atoms with van der Waals surface area (Å²) >= 11 is 0. The minimum atomic E-state index is -0.0598. The van der Waals surface area contributed by atoms with Gasteiger partial charge in [-0.25, -0.2) is 0 Å². The van der Waals surface area contributed by atoms with Crippen LogP contribution in [-0.2, 0) is 14.3 Å². The number of hydrogen-bond acceptors (Lipinski definition) is 4. The van der Waals surface area contributed by atoms with E-state index in [4.69, 9.17) is 4.74 Å². The molecule has 6 heteroatoms. The molecule has 0 rings (SSSR count). The summed E-state index contributed by atoms with van der Waals surface area (Å²) < 4.78 is 4.87. The molecule has 0 saturated heterocycles.